The molecule has 0 aliphatic carbocycles. The maximum Gasteiger partial charge on any atom is 0.152 e. The van der Waals surface area contributed by atoms with Crippen LogP contribution in [0.5, 0.6) is 0 Å². The van der Waals surface area contributed by atoms with Gasteiger partial charge in [0.05, 0.1) is 35.2 Å². The van der Waals surface area contributed by atoms with Gasteiger partial charge in [0.1, 0.15) is 0 Å². The van der Waals surface area contributed by atoms with Crippen LogP contribution in [0.2, 0.25) is 0 Å². The van der Waals surface area contributed by atoms with Crippen LogP contribution in [-0.4, -0.2) is 32.4 Å². The molecule has 0 amide bonds. The molecule has 0 fully saturated rings. The fourth-order valence-corrected chi connectivity index (χ4v) is 2.44. The average molecular weight is 364 g/mol. The van der Waals surface area contributed by atoms with Gasteiger partial charge in [0.15, 0.2) is 11.6 Å². The van der Waals surface area contributed by atoms with Crippen molar-refractivity contribution in [2.75, 3.05) is 0 Å². The molecule has 0 unspecified atom stereocenters. The van der Waals surface area contributed by atoms with Crippen molar-refractivity contribution in [3.8, 4) is 11.4 Å². The van der Waals surface area contributed by atoms with Crippen LogP contribution in [0, 0.1) is 0 Å². The van der Waals surface area contributed by atoms with Gasteiger partial charge in [-0.1, -0.05) is 24.3 Å². The van der Waals surface area contributed by atoms with Gasteiger partial charge in [-0.25, -0.2) is 20.0 Å². The fraction of sp³-hybridized carbons (Fsp3) is 0. The van der Waals surface area contributed by atoms with E-state index in [0.717, 1.165) is 22.8 Å². The van der Waals surface area contributed by atoms with E-state index in [4.69, 9.17) is 0 Å². The Morgan fingerprint density at radius 3 is 1.46 bits per heavy atom. The highest BCUT2D eigenvalue weighted by Gasteiger charge is 2.03. The van der Waals surface area contributed by atoms with Crippen LogP contribution in [0.4, 0.5) is 11.6 Å². The summed E-state index contributed by atoms with van der Waals surface area (Å²) in [5.74, 6) is 1.18. The smallest absolute Gasteiger partial charge is 0.152 e. The third-order valence-electron chi connectivity index (χ3n) is 3.76. The second-order valence-electron chi connectivity index (χ2n) is 5.79. The van der Waals surface area contributed by atoms with E-state index in [1.807, 2.05) is 72.8 Å². The van der Waals surface area contributed by atoms with Crippen LogP contribution in [-0.2, 0) is 0 Å². The minimum atomic E-state index is 0.590. The molecule has 134 valence electrons. The second kappa shape index (κ2) is 8.55. The molecule has 4 aromatic rings. The van der Waals surface area contributed by atoms with Crippen molar-refractivity contribution in [3.63, 3.8) is 0 Å². The largest absolute Gasteiger partial charge is 0.255 e. The summed E-state index contributed by atoms with van der Waals surface area (Å²) in [5, 5.41) is 0. The molecular weight excluding hydrogens is 348 g/mol. The van der Waals surface area contributed by atoms with E-state index in [9.17, 15) is 0 Å². The standard InChI is InChI=1S/C22H16N6/c1-3-13-23-17(7-1)15-25-21-11-5-9-19(27-21)20-10-6-12-22(28-20)26-16-18-8-2-4-14-24-18/h1-16H. The van der Waals surface area contributed by atoms with Gasteiger partial charge in [0, 0.05) is 12.4 Å². The monoisotopic (exact) mass is 364 g/mol. The summed E-state index contributed by atoms with van der Waals surface area (Å²) in [6.07, 6.45) is 6.83. The third-order valence-corrected chi connectivity index (χ3v) is 3.76. The zero-order chi connectivity index (χ0) is 19.0. The van der Waals surface area contributed by atoms with Crippen LogP contribution in [0.25, 0.3) is 11.4 Å². The lowest BCUT2D eigenvalue weighted by molar-refractivity contribution is 1.21. The molecule has 6 heteroatoms. The lowest BCUT2D eigenvalue weighted by atomic mass is 10.2. The molecule has 0 N–H and O–H groups in total. The molecule has 4 aromatic heterocycles. The van der Waals surface area contributed by atoms with E-state index in [-0.39, 0.29) is 0 Å². The van der Waals surface area contributed by atoms with Crippen LogP contribution in [0.15, 0.2) is 95.2 Å². The zero-order valence-corrected chi connectivity index (χ0v) is 14.9. The molecule has 6 nitrogen and oxygen atoms in total. The Hall–Kier alpha value is -4.06. The molecule has 0 atom stereocenters. The van der Waals surface area contributed by atoms with Crippen molar-refractivity contribution in [2.24, 2.45) is 9.98 Å². The number of hydrogen-bond acceptors (Lipinski definition) is 6. The van der Waals surface area contributed by atoms with Crippen LogP contribution in [0.1, 0.15) is 11.4 Å². The van der Waals surface area contributed by atoms with Crippen LogP contribution < -0.4 is 0 Å². The number of aromatic nitrogens is 4. The molecule has 4 heterocycles. The van der Waals surface area contributed by atoms with Crippen molar-refractivity contribution in [2.45, 2.75) is 0 Å². The number of pyridine rings is 4. The van der Waals surface area contributed by atoms with Gasteiger partial charge < -0.3 is 0 Å². The molecule has 4 rings (SSSR count). The summed E-state index contributed by atoms with van der Waals surface area (Å²) in [6, 6.07) is 22.6. The van der Waals surface area contributed by atoms with Gasteiger partial charge >= 0.3 is 0 Å². The molecule has 28 heavy (non-hydrogen) atoms. The predicted octanol–water partition coefficient (Wildman–Crippen LogP) is 4.43. The van der Waals surface area contributed by atoms with Gasteiger partial charge in [-0.2, -0.15) is 0 Å². The van der Waals surface area contributed by atoms with Gasteiger partial charge in [-0.15, -0.1) is 0 Å². The number of aliphatic imine (C=N–C) groups is 2. The summed E-state index contributed by atoms with van der Waals surface area (Å²) in [6.45, 7) is 0. The van der Waals surface area contributed by atoms with Crippen molar-refractivity contribution in [1.29, 1.82) is 0 Å². The quantitative estimate of drug-likeness (QED) is 0.491. The Balaban J connectivity index is 1.56. The van der Waals surface area contributed by atoms with Gasteiger partial charge in [0.2, 0.25) is 0 Å². The Labute approximate surface area is 162 Å². The first kappa shape index (κ1) is 17.4. The highest BCUT2D eigenvalue weighted by Crippen LogP contribution is 2.20. The summed E-state index contributed by atoms with van der Waals surface area (Å²) in [4.78, 5) is 26.4. The predicted molar refractivity (Wildman–Crippen MR) is 110 cm³/mol. The second-order valence-corrected chi connectivity index (χ2v) is 5.79. The minimum absolute atomic E-state index is 0.590. The summed E-state index contributed by atoms with van der Waals surface area (Å²) >= 11 is 0. The first-order chi connectivity index (χ1) is 13.9. The van der Waals surface area contributed by atoms with Crippen molar-refractivity contribution < 1.29 is 0 Å². The van der Waals surface area contributed by atoms with Crippen LogP contribution >= 0.6 is 0 Å². The molecule has 0 bridgehead atoms. The molecular formula is C22H16N6. The summed E-state index contributed by atoms with van der Waals surface area (Å²) in [7, 11) is 0. The zero-order valence-electron chi connectivity index (χ0n) is 14.9. The normalized spacial score (nSPS) is 11.3. The third kappa shape index (κ3) is 4.56. The van der Waals surface area contributed by atoms with E-state index < -0.39 is 0 Å². The van der Waals surface area contributed by atoms with Crippen molar-refractivity contribution in [1.82, 2.24) is 19.9 Å². The SMILES string of the molecule is C(=Nc1cccc(-c2cccc(N=Cc3ccccn3)n2)n1)c1ccccn1. The Bertz CT molecular complexity index is 1020. The van der Waals surface area contributed by atoms with E-state index in [1.165, 1.54) is 0 Å². The Morgan fingerprint density at radius 2 is 1.04 bits per heavy atom. The molecule has 0 spiro atoms. The first-order valence-electron chi connectivity index (χ1n) is 8.71. The van der Waals surface area contributed by atoms with E-state index in [1.54, 1.807) is 24.8 Å². The van der Waals surface area contributed by atoms with Crippen LogP contribution in [0.3, 0.4) is 0 Å². The summed E-state index contributed by atoms with van der Waals surface area (Å²) in [5.41, 5.74) is 3.01. The number of hydrogen-bond donors (Lipinski definition) is 0. The summed E-state index contributed by atoms with van der Waals surface area (Å²) < 4.78 is 0. The van der Waals surface area contributed by atoms with Gasteiger partial charge in [0.25, 0.3) is 0 Å². The molecule has 0 radical (unpaired) electrons. The highest BCUT2D eigenvalue weighted by atomic mass is 14.9. The van der Waals surface area contributed by atoms with Gasteiger partial charge in [-0.3, -0.25) is 9.97 Å². The van der Waals surface area contributed by atoms with E-state index in [0.29, 0.717) is 11.6 Å². The van der Waals surface area contributed by atoms with E-state index in [2.05, 4.69) is 29.9 Å². The Morgan fingerprint density at radius 1 is 0.536 bits per heavy atom. The topological polar surface area (TPSA) is 76.3 Å². The van der Waals surface area contributed by atoms with E-state index >= 15 is 0 Å². The minimum Gasteiger partial charge on any atom is -0.255 e. The first-order valence-corrected chi connectivity index (χ1v) is 8.71. The lowest BCUT2D eigenvalue weighted by Gasteiger charge is -2.02. The number of rotatable bonds is 5. The number of nitrogens with zero attached hydrogens (tertiary/aromatic N) is 6. The molecule has 0 saturated carbocycles. The van der Waals surface area contributed by atoms with Crippen molar-refractivity contribution in [3.05, 3.63) is 96.6 Å². The molecule has 0 aliphatic rings. The maximum absolute atomic E-state index is 4.57. The van der Waals surface area contributed by atoms with Crippen molar-refractivity contribution >= 4 is 24.1 Å². The molecule has 0 saturated heterocycles. The Kier molecular flexibility index (Phi) is 5.30. The average Bonchev–Trinajstić information content (AvgIpc) is 2.78. The maximum atomic E-state index is 4.57. The fourth-order valence-electron chi connectivity index (χ4n) is 2.44. The lowest BCUT2D eigenvalue weighted by Crippen LogP contribution is -1.89. The molecule has 0 aromatic carbocycles. The van der Waals surface area contributed by atoms with Gasteiger partial charge in [-0.05, 0) is 48.5 Å². The highest BCUT2D eigenvalue weighted by molar-refractivity contribution is 5.79. The molecule has 0 aliphatic heterocycles.